The number of hydrogen-bond acceptors (Lipinski definition) is 2. The van der Waals surface area contributed by atoms with Gasteiger partial charge in [0.25, 0.3) is 0 Å². The van der Waals surface area contributed by atoms with Crippen LogP contribution in [0.25, 0.3) is 6.08 Å². The van der Waals surface area contributed by atoms with Gasteiger partial charge in [0.2, 0.25) is 0 Å². The van der Waals surface area contributed by atoms with Crippen LogP contribution < -0.4 is 11.5 Å². The van der Waals surface area contributed by atoms with Gasteiger partial charge in [-0.3, -0.25) is 0 Å². The molecule has 0 atom stereocenters. The second kappa shape index (κ2) is 10.6. The number of nitrogens with two attached hydrogens (primary N) is 2. The van der Waals surface area contributed by atoms with Gasteiger partial charge >= 0.3 is 64.4 Å². The Bertz CT molecular complexity index is 232. The van der Waals surface area contributed by atoms with Gasteiger partial charge in [-0.2, -0.15) is 0 Å². The maximum absolute atomic E-state index is 5.06. The Labute approximate surface area is 95.6 Å². The Morgan fingerprint density at radius 3 is 2.00 bits per heavy atom. The fourth-order valence-electron chi connectivity index (χ4n) is 0.874. The molecule has 72 valence electrons. The SMILES string of the molecule is NCCCN.[Li]/[CH]=C/c1ccccc1. The first-order valence-electron chi connectivity index (χ1n) is 4.93. The molecule has 4 N–H and O–H groups in total. The summed E-state index contributed by atoms with van der Waals surface area (Å²) in [7, 11) is 0. The van der Waals surface area contributed by atoms with E-state index in [1.54, 1.807) is 0 Å². The van der Waals surface area contributed by atoms with Crippen LogP contribution >= 0.6 is 0 Å². The van der Waals surface area contributed by atoms with E-state index in [0.29, 0.717) is 0 Å². The van der Waals surface area contributed by atoms with Crippen LogP contribution in [0.4, 0.5) is 0 Å². The summed E-state index contributed by atoms with van der Waals surface area (Å²) >= 11 is 2.02. The van der Waals surface area contributed by atoms with Gasteiger partial charge in [-0.25, -0.2) is 0 Å². The zero-order valence-electron chi connectivity index (χ0n) is 8.82. The van der Waals surface area contributed by atoms with Crippen molar-refractivity contribution >= 4 is 23.8 Å². The summed E-state index contributed by atoms with van der Waals surface area (Å²) in [5.74, 6) is 0. The fourth-order valence-corrected chi connectivity index (χ4v) is 0.874. The van der Waals surface area contributed by atoms with Gasteiger partial charge in [-0.1, -0.05) is 0 Å². The molecule has 0 heterocycles. The van der Waals surface area contributed by atoms with E-state index >= 15 is 0 Å². The topological polar surface area (TPSA) is 52.0 Å². The second-order valence-electron chi connectivity index (χ2n) is 2.84. The Hall–Kier alpha value is -0.523. The van der Waals surface area contributed by atoms with Crippen molar-refractivity contribution in [3.63, 3.8) is 0 Å². The van der Waals surface area contributed by atoms with Crippen LogP contribution in [0.3, 0.4) is 0 Å². The molecule has 0 aliphatic carbocycles. The third-order valence-corrected chi connectivity index (χ3v) is 1.57. The first kappa shape index (κ1) is 13.5. The summed E-state index contributed by atoms with van der Waals surface area (Å²) in [6, 6.07) is 10.3. The molecule has 1 rings (SSSR count). The molecule has 0 saturated heterocycles. The van der Waals surface area contributed by atoms with Crippen LogP contribution in [0.15, 0.2) is 35.1 Å². The van der Waals surface area contributed by atoms with Crippen molar-refractivity contribution in [2.75, 3.05) is 13.1 Å². The second-order valence-corrected chi connectivity index (χ2v) is 2.84. The van der Waals surface area contributed by atoms with E-state index in [1.165, 1.54) is 5.56 Å². The van der Waals surface area contributed by atoms with Crippen LogP contribution in [-0.4, -0.2) is 30.8 Å². The van der Waals surface area contributed by atoms with Gasteiger partial charge in [-0.15, -0.1) is 0 Å². The normalized spacial score (nSPS) is 9.71. The van der Waals surface area contributed by atoms with E-state index in [0.717, 1.165) is 19.5 Å². The molecule has 0 saturated carbocycles. The molecule has 0 fully saturated rings. The van der Waals surface area contributed by atoms with Crippen LogP contribution in [0, 0.1) is 0 Å². The molecule has 0 amide bonds. The van der Waals surface area contributed by atoms with Crippen LogP contribution in [0.1, 0.15) is 12.0 Å². The molecular weight excluding hydrogens is 167 g/mol. The molecule has 0 spiro atoms. The molecule has 0 unspecified atom stereocenters. The Morgan fingerprint density at radius 2 is 1.64 bits per heavy atom. The van der Waals surface area contributed by atoms with E-state index in [1.807, 2.05) is 40.7 Å². The summed E-state index contributed by atoms with van der Waals surface area (Å²) < 4.78 is 2.04. The third kappa shape index (κ3) is 8.09. The van der Waals surface area contributed by atoms with Crippen molar-refractivity contribution < 1.29 is 0 Å². The zero-order chi connectivity index (χ0) is 10.6. The minimum absolute atomic E-state index is 0.719. The monoisotopic (exact) mass is 184 g/mol. The molecular formula is C11H17LiN2. The average Bonchev–Trinajstić information content (AvgIpc) is 2.22. The van der Waals surface area contributed by atoms with Gasteiger partial charge in [0.05, 0.1) is 0 Å². The number of benzene rings is 1. The Kier molecular flexibility index (Phi) is 10.2. The summed E-state index contributed by atoms with van der Waals surface area (Å²) in [5, 5.41) is 0. The van der Waals surface area contributed by atoms with E-state index in [2.05, 4.69) is 18.2 Å². The quantitative estimate of drug-likeness (QED) is 0.691. The van der Waals surface area contributed by atoms with Crippen molar-refractivity contribution in [3.8, 4) is 0 Å². The van der Waals surface area contributed by atoms with Crippen LogP contribution in [0.2, 0.25) is 0 Å². The van der Waals surface area contributed by atoms with Gasteiger partial charge in [0.1, 0.15) is 0 Å². The van der Waals surface area contributed by atoms with E-state index in [-0.39, 0.29) is 0 Å². The average molecular weight is 184 g/mol. The van der Waals surface area contributed by atoms with Crippen molar-refractivity contribution in [3.05, 3.63) is 40.6 Å². The van der Waals surface area contributed by atoms with E-state index < -0.39 is 0 Å². The summed E-state index contributed by atoms with van der Waals surface area (Å²) in [6.07, 6.45) is 3.03. The van der Waals surface area contributed by atoms with Crippen molar-refractivity contribution in [2.24, 2.45) is 11.5 Å². The first-order valence-corrected chi connectivity index (χ1v) is 4.93. The molecule has 3 heteroatoms. The molecule has 0 aliphatic heterocycles. The summed E-state index contributed by atoms with van der Waals surface area (Å²) in [4.78, 5) is 0. The number of hydrogen-bond donors (Lipinski definition) is 2. The predicted molar refractivity (Wildman–Crippen MR) is 64.0 cm³/mol. The van der Waals surface area contributed by atoms with Gasteiger partial charge < -0.3 is 11.5 Å². The summed E-state index contributed by atoms with van der Waals surface area (Å²) in [5.41, 5.74) is 11.4. The molecule has 0 radical (unpaired) electrons. The predicted octanol–water partition coefficient (Wildman–Crippen LogP) is 1.12. The Balaban J connectivity index is 0.000000292. The molecule has 0 bridgehead atoms. The molecule has 1 aromatic carbocycles. The first-order chi connectivity index (χ1) is 6.85. The molecule has 0 aliphatic rings. The van der Waals surface area contributed by atoms with E-state index in [4.69, 9.17) is 11.5 Å². The van der Waals surface area contributed by atoms with Crippen molar-refractivity contribution in [1.29, 1.82) is 0 Å². The van der Waals surface area contributed by atoms with Crippen molar-refractivity contribution in [2.45, 2.75) is 6.42 Å². The Morgan fingerprint density at radius 1 is 1.07 bits per heavy atom. The van der Waals surface area contributed by atoms with E-state index in [9.17, 15) is 0 Å². The molecule has 1 aromatic rings. The number of rotatable bonds is 3. The van der Waals surface area contributed by atoms with Gasteiger partial charge in [-0.05, 0) is 19.5 Å². The summed E-state index contributed by atoms with van der Waals surface area (Å²) in [6.45, 7) is 1.44. The molecule has 2 nitrogen and oxygen atoms in total. The third-order valence-electron chi connectivity index (χ3n) is 1.57. The standard InChI is InChI=1S/C8H7.C3H10N2.Li/c1-2-8-6-4-3-5-7-8;4-2-1-3-5;/h1-7H;1-5H2;. The fraction of sp³-hybridized carbons (Fsp3) is 0.273. The van der Waals surface area contributed by atoms with Crippen LogP contribution in [-0.2, 0) is 0 Å². The molecule has 14 heavy (non-hydrogen) atoms. The maximum atomic E-state index is 5.06. The minimum atomic E-state index is 0.719. The zero-order valence-corrected chi connectivity index (χ0v) is 8.82. The van der Waals surface area contributed by atoms with Crippen molar-refractivity contribution in [1.82, 2.24) is 0 Å². The van der Waals surface area contributed by atoms with Gasteiger partial charge in [0, 0.05) is 0 Å². The molecule has 0 aromatic heterocycles. The van der Waals surface area contributed by atoms with Gasteiger partial charge in [0.15, 0.2) is 0 Å². The van der Waals surface area contributed by atoms with Crippen LogP contribution in [0.5, 0.6) is 0 Å².